The molecule has 14 heavy (non-hydrogen) atoms. The van der Waals surface area contributed by atoms with Gasteiger partial charge >= 0.3 is 0 Å². The summed E-state index contributed by atoms with van der Waals surface area (Å²) in [6.45, 7) is 0. The summed E-state index contributed by atoms with van der Waals surface area (Å²) in [4.78, 5) is 3.87. The first-order valence-electron chi connectivity index (χ1n) is 3.97. The molecule has 0 fully saturated rings. The molecule has 2 N–H and O–H groups in total. The third-order valence-electron chi connectivity index (χ3n) is 1.72. The van der Waals surface area contributed by atoms with Gasteiger partial charge in [-0.15, -0.1) is 10.2 Å². The molecule has 1 aromatic heterocycles. The number of nitrogens with zero attached hydrogens (tertiary/aromatic N) is 3. The Hall–Kier alpha value is -1.49. The van der Waals surface area contributed by atoms with Crippen molar-refractivity contribution in [2.45, 2.75) is 0 Å². The summed E-state index contributed by atoms with van der Waals surface area (Å²) in [6, 6.07) is 7.75. The lowest BCUT2D eigenvalue weighted by Crippen LogP contribution is -1.97. The largest absolute Gasteiger partial charge is 0.366 e. The van der Waals surface area contributed by atoms with Gasteiger partial charge in [-0.05, 0) is 12.1 Å². The van der Waals surface area contributed by atoms with Crippen LogP contribution in [0.3, 0.4) is 0 Å². The summed E-state index contributed by atoms with van der Waals surface area (Å²) < 4.78 is 1.03. The maximum atomic E-state index is 5.34. The van der Waals surface area contributed by atoms with Crippen LogP contribution < -0.4 is 5.73 Å². The highest BCUT2D eigenvalue weighted by Crippen LogP contribution is 2.18. The molecule has 0 aliphatic heterocycles. The zero-order valence-corrected chi connectivity index (χ0v) is 8.77. The van der Waals surface area contributed by atoms with Crippen LogP contribution in [-0.2, 0) is 0 Å². The number of aromatic nitrogens is 3. The number of nitrogens with two attached hydrogens (primary N) is 1. The molecule has 0 spiro atoms. The number of nitrogen functional groups attached to an aromatic ring is 1. The topological polar surface area (TPSA) is 64.7 Å². The summed E-state index contributed by atoms with van der Waals surface area (Å²) in [7, 11) is 0. The molecule has 0 bridgehead atoms. The van der Waals surface area contributed by atoms with Crippen LogP contribution >= 0.6 is 15.9 Å². The molecule has 0 unspecified atom stereocenters. The average Bonchev–Trinajstić information content (AvgIpc) is 2.21. The number of rotatable bonds is 1. The average molecular weight is 251 g/mol. The van der Waals surface area contributed by atoms with E-state index in [9.17, 15) is 0 Å². The fraction of sp³-hybridized carbons (Fsp3) is 0. The van der Waals surface area contributed by atoms with Gasteiger partial charge in [0.2, 0.25) is 5.95 Å². The van der Waals surface area contributed by atoms with E-state index in [1.165, 1.54) is 0 Å². The highest BCUT2D eigenvalue weighted by molar-refractivity contribution is 9.10. The Morgan fingerprint density at radius 2 is 1.79 bits per heavy atom. The lowest BCUT2D eigenvalue weighted by Gasteiger charge is -1.98. The van der Waals surface area contributed by atoms with E-state index >= 15 is 0 Å². The maximum Gasteiger partial charge on any atom is 0.240 e. The molecule has 0 aliphatic carbocycles. The van der Waals surface area contributed by atoms with Gasteiger partial charge in [0, 0.05) is 10.0 Å². The van der Waals surface area contributed by atoms with Crippen LogP contribution in [0.15, 0.2) is 34.9 Å². The van der Waals surface area contributed by atoms with Gasteiger partial charge in [-0.3, -0.25) is 0 Å². The summed E-state index contributed by atoms with van der Waals surface area (Å²) in [5, 5.41) is 7.61. The molecular formula is C9H7BrN4. The second kappa shape index (κ2) is 3.71. The second-order valence-corrected chi connectivity index (χ2v) is 3.62. The Morgan fingerprint density at radius 1 is 1.07 bits per heavy atom. The number of hydrogen-bond acceptors (Lipinski definition) is 4. The van der Waals surface area contributed by atoms with Gasteiger partial charge in [0.15, 0.2) is 0 Å². The smallest absolute Gasteiger partial charge is 0.240 e. The standard InChI is InChI=1S/C9H7BrN4/c10-7-3-1-6(2-4-7)8-5-12-9(11)14-13-8/h1-5H,(H2,11,12,14). The van der Waals surface area contributed by atoms with Crippen LogP contribution in [0.1, 0.15) is 0 Å². The molecule has 5 heteroatoms. The molecule has 0 saturated carbocycles. The van der Waals surface area contributed by atoms with E-state index in [1.807, 2.05) is 24.3 Å². The first kappa shape index (κ1) is 9.08. The van der Waals surface area contributed by atoms with E-state index in [4.69, 9.17) is 5.73 Å². The number of anilines is 1. The minimum absolute atomic E-state index is 0.186. The fourth-order valence-electron chi connectivity index (χ4n) is 1.04. The third-order valence-corrected chi connectivity index (χ3v) is 2.25. The molecule has 2 aromatic rings. The van der Waals surface area contributed by atoms with Crippen molar-refractivity contribution in [3.63, 3.8) is 0 Å². The van der Waals surface area contributed by atoms with Gasteiger partial charge in [0.1, 0.15) is 5.69 Å². The molecule has 2 rings (SSSR count). The van der Waals surface area contributed by atoms with Crippen LogP contribution in [0.25, 0.3) is 11.3 Å². The minimum Gasteiger partial charge on any atom is -0.366 e. The SMILES string of the molecule is Nc1ncc(-c2ccc(Br)cc2)nn1. The highest BCUT2D eigenvalue weighted by Gasteiger charge is 1.99. The zero-order chi connectivity index (χ0) is 9.97. The lowest BCUT2D eigenvalue weighted by molar-refractivity contribution is 0.993. The predicted octanol–water partition coefficient (Wildman–Crippen LogP) is 1.88. The molecule has 1 aromatic carbocycles. The Morgan fingerprint density at radius 3 is 2.36 bits per heavy atom. The van der Waals surface area contributed by atoms with Crippen LogP contribution in [0, 0.1) is 0 Å². The number of hydrogen-bond donors (Lipinski definition) is 1. The molecule has 70 valence electrons. The van der Waals surface area contributed by atoms with Crippen LogP contribution in [0.4, 0.5) is 5.95 Å². The van der Waals surface area contributed by atoms with Crippen molar-refractivity contribution in [2.75, 3.05) is 5.73 Å². The molecule has 0 aliphatic rings. The van der Waals surface area contributed by atoms with Gasteiger partial charge in [0.05, 0.1) is 6.20 Å². The van der Waals surface area contributed by atoms with E-state index in [0.717, 1.165) is 10.0 Å². The Balaban J connectivity index is 2.40. The Labute approximate surface area is 89.3 Å². The number of benzene rings is 1. The summed E-state index contributed by atoms with van der Waals surface area (Å²) >= 11 is 3.36. The third kappa shape index (κ3) is 1.88. The summed E-state index contributed by atoms with van der Waals surface area (Å²) in [5.74, 6) is 0.186. The lowest BCUT2D eigenvalue weighted by atomic mass is 10.2. The molecule has 4 nitrogen and oxygen atoms in total. The van der Waals surface area contributed by atoms with Crippen LogP contribution in [-0.4, -0.2) is 15.2 Å². The molecule has 0 atom stereocenters. The summed E-state index contributed by atoms with van der Waals surface area (Å²) in [5.41, 5.74) is 7.02. The van der Waals surface area contributed by atoms with Crippen molar-refractivity contribution in [1.29, 1.82) is 0 Å². The van der Waals surface area contributed by atoms with Crippen molar-refractivity contribution in [3.05, 3.63) is 34.9 Å². The quantitative estimate of drug-likeness (QED) is 0.840. The van der Waals surface area contributed by atoms with Crippen molar-refractivity contribution in [2.24, 2.45) is 0 Å². The van der Waals surface area contributed by atoms with Crippen molar-refractivity contribution >= 4 is 21.9 Å². The first-order valence-corrected chi connectivity index (χ1v) is 4.76. The van der Waals surface area contributed by atoms with E-state index in [2.05, 4.69) is 31.1 Å². The maximum absolute atomic E-state index is 5.34. The molecule has 0 radical (unpaired) electrons. The van der Waals surface area contributed by atoms with E-state index in [-0.39, 0.29) is 5.95 Å². The Kier molecular flexibility index (Phi) is 2.41. The van der Waals surface area contributed by atoms with Gasteiger partial charge in [0.25, 0.3) is 0 Å². The van der Waals surface area contributed by atoms with E-state index in [1.54, 1.807) is 6.20 Å². The van der Waals surface area contributed by atoms with E-state index in [0.29, 0.717) is 5.69 Å². The normalized spacial score (nSPS) is 10.1. The second-order valence-electron chi connectivity index (χ2n) is 2.71. The molecular weight excluding hydrogens is 244 g/mol. The first-order chi connectivity index (χ1) is 6.75. The van der Waals surface area contributed by atoms with Gasteiger partial charge in [-0.25, -0.2) is 4.98 Å². The fourth-order valence-corrected chi connectivity index (χ4v) is 1.30. The van der Waals surface area contributed by atoms with Crippen molar-refractivity contribution in [1.82, 2.24) is 15.2 Å². The minimum atomic E-state index is 0.186. The van der Waals surface area contributed by atoms with Gasteiger partial charge in [-0.1, -0.05) is 28.1 Å². The molecule has 0 amide bonds. The van der Waals surface area contributed by atoms with Crippen molar-refractivity contribution < 1.29 is 0 Å². The predicted molar refractivity (Wildman–Crippen MR) is 57.4 cm³/mol. The van der Waals surface area contributed by atoms with Crippen molar-refractivity contribution in [3.8, 4) is 11.3 Å². The molecule has 1 heterocycles. The molecule has 0 saturated heterocycles. The highest BCUT2D eigenvalue weighted by atomic mass is 79.9. The Bertz CT molecular complexity index is 380. The van der Waals surface area contributed by atoms with Crippen LogP contribution in [0.2, 0.25) is 0 Å². The zero-order valence-electron chi connectivity index (χ0n) is 7.18. The van der Waals surface area contributed by atoms with Crippen LogP contribution in [0.5, 0.6) is 0 Å². The summed E-state index contributed by atoms with van der Waals surface area (Å²) in [6.07, 6.45) is 1.60. The van der Waals surface area contributed by atoms with Gasteiger partial charge in [-0.2, -0.15) is 0 Å². The number of halogens is 1. The van der Waals surface area contributed by atoms with E-state index < -0.39 is 0 Å². The van der Waals surface area contributed by atoms with Gasteiger partial charge < -0.3 is 5.73 Å². The monoisotopic (exact) mass is 250 g/mol.